The number of nitrogens with zero attached hydrogens (tertiary/aromatic N) is 5. The van der Waals surface area contributed by atoms with Gasteiger partial charge in [-0.3, -0.25) is 4.90 Å². The van der Waals surface area contributed by atoms with E-state index in [0.717, 1.165) is 31.1 Å². The Bertz CT molecular complexity index is 625. The second-order valence-electron chi connectivity index (χ2n) is 6.33. The minimum absolute atomic E-state index is 0.399. The zero-order valence-corrected chi connectivity index (χ0v) is 13.2. The fraction of sp³-hybridized carbons (Fsp3) is 0.625. The van der Waals surface area contributed by atoms with Crippen LogP contribution in [0.3, 0.4) is 0 Å². The molecule has 4 heterocycles. The molecule has 7 heteroatoms. The minimum atomic E-state index is 0.399. The van der Waals surface area contributed by atoms with E-state index in [0.29, 0.717) is 18.0 Å². The molecule has 0 amide bonds. The lowest BCUT2D eigenvalue weighted by molar-refractivity contribution is 0.00172. The van der Waals surface area contributed by atoms with Crippen molar-refractivity contribution in [1.29, 1.82) is 0 Å². The van der Waals surface area contributed by atoms with Crippen LogP contribution in [0.25, 0.3) is 11.5 Å². The van der Waals surface area contributed by atoms with Crippen LogP contribution in [0, 0.1) is 0 Å². The molecule has 0 radical (unpaired) electrons. The van der Waals surface area contributed by atoms with E-state index in [1.165, 1.54) is 32.1 Å². The summed E-state index contributed by atoms with van der Waals surface area (Å²) in [4.78, 5) is 7.25. The number of piperidine rings is 1. The molecule has 0 spiro atoms. The second-order valence-corrected chi connectivity index (χ2v) is 6.33. The fourth-order valence-corrected chi connectivity index (χ4v) is 3.71. The fourth-order valence-electron chi connectivity index (χ4n) is 3.71. The summed E-state index contributed by atoms with van der Waals surface area (Å²) in [5.74, 6) is 0.543. The zero-order valence-electron chi connectivity index (χ0n) is 13.2. The predicted molar refractivity (Wildman–Crippen MR) is 84.4 cm³/mol. The average molecular weight is 314 g/mol. The normalized spacial score (nSPS) is 25.7. The van der Waals surface area contributed by atoms with Crippen molar-refractivity contribution >= 4 is 0 Å². The number of tetrazole rings is 1. The van der Waals surface area contributed by atoms with Gasteiger partial charge in [0, 0.05) is 19.2 Å². The molecule has 0 saturated carbocycles. The Labute approximate surface area is 135 Å². The van der Waals surface area contributed by atoms with E-state index in [9.17, 15) is 0 Å². The number of hydrogen-bond acceptors (Lipinski definition) is 6. The molecule has 2 saturated heterocycles. The molecule has 122 valence electrons. The van der Waals surface area contributed by atoms with E-state index < -0.39 is 0 Å². The monoisotopic (exact) mass is 314 g/mol. The number of H-pyrrole nitrogens is 1. The molecule has 4 rings (SSSR count). The Morgan fingerprint density at radius 1 is 1.22 bits per heavy atom. The number of hydrogen-bond donors (Lipinski definition) is 1. The second kappa shape index (κ2) is 6.72. The summed E-state index contributed by atoms with van der Waals surface area (Å²) in [6, 6.07) is 6.54. The maximum absolute atomic E-state index is 5.95. The summed E-state index contributed by atoms with van der Waals surface area (Å²) in [5, 5.41) is 14.1. The van der Waals surface area contributed by atoms with Gasteiger partial charge in [0.15, 0.2) is 0 Å². The number of pyridine rings is 1. The lowest BCUT2D eigenvalue weighted by atomic mass is 9.95. The van der Waals surface area contributed by atoms with Gasteiger partial charge in [-0.1, -0.05) is 12.5 Å². The van der Waals surface area contributed by atoms with Gasteiger partial charge in [0.1, 0.15) is 5.69 Å². The first-order chi connectivity index (χ1) is 11.4. The van der Waals surface area contributed by atoms with Crippen molar-refractivity contribution in [3.05, 3.63) is 23.9 Å². The molecule has 2 aliphatic heterocycles. The highest BCUT2D eigenvalue weighted by atomic mass is 16.5. The SMILES string of the molecule is c1cc(CN2CCCCC2C2CCCO2)nc(-c2nn[nH]n2)c1. The van der Waals surface area contributed by atoms with Crippen LogP contribution < -0.4 is 0 Å². The lowest BCUT2D eigenvalue weighted by Gasteiger charge is -2.38. The Morgan fingerprint density at radius 2 is 2.22 bits per heavy atom. The van der Waals surface area contributed by atoms with Crippen LogP contribution in [0.2, 0.25) is 0 Å². The standard InChI is InChI=1S/C16H22N6O/c1-2-9-22(14(7-1)15-8-4-10-23-15)11-12-5-3-6-13(17-12)16-18-20-21-19-16/h3,5-6,14-15H,1-2,4,7-11H2,(H,18,19,20,21). The van der Waals surface area contributed by atoms with Gasteiger partial charge in [-0.05, 0) is 49.6 Å². The molecule has 23 heavy (non-hydrogen) atoms. The molecule has 0 aromatic carbocycles. The van der Waals surface area contributed by atoms with Gasteiger partial charge in [-0.2, -0.15) is 5.21 Å². The highest BCUT2D eigenvalue weighted by molar-refractivity contribution is 5.47. The van der Waals surface area contributed by atoms with E-state index in [1.807, 2.05) is 12.1 Å². The first-order valence-electron chi connectivity index (χ1n) is 8.45. The van der Waals surface area contributed by atoms with E-state index in [4.69, 9.17) is 9.72 Å². The van der Waals surface area contributed by atoms with Crippen LogP contribution in [0.15, 0.2) is 18.2 Å². The maximum atomic E-state index is 5.95. The van der Waals surface area contributed by atoms with Crippen molar-refractivity contribution in [2.75, 3.05) is 13.2 Å². The molecular formula is C16H22N6O. The molecule has 2 aromatic rings. The van der Waals surface area contributed by atoms with Gasteiger partial charge in [0.2, 0.25) is 5.82 Å². The van der Waals surface area contributed by atoms with Crippen molar-refractivity contribution in [2.24, 2.45) is 0 Å². The first-order valence-corrected chi connectivity index (χ1v) is 8.45. The van der Waals surface area contributed by atoms with Crippen molar-refractivity contribution in [3.8, 4) is 11.5 Å². The van der Waals surface area contributed by atoms with Crippen molar-refractivity contribution < 1.29 is 4.74 Å². The molecule has 2 aliphatic rings. The lowest BCUT2D eigenvalue weighted by Crippen LogP contribution is -2.46. The molecule has 2 fully saturated rings. The summed E-state index contributed by atoms with van der Waals surface area (Å²) >= 11 is 0. The first kappa shape index (κ1) is 14.7. The Morgan fingerprint density at radius 3 is 3.04 bits per heavy atom. The Balaban J connectivity index is 1.50. The van der Waals surface area contributed by atoms with Gasteiger partial charge >= 0.3 is 0 Å². The molecule has 0 aliphatic carbocycles. The smallest absolute Gasteiger partial charge is 0.222 e. The third-order valence-electron chi connectivity index (χ3n) is 4.80. The minimum Gasteiger partial charge on any atom is -0.377 e. The van der Waals surface area contributed by atoms with Crippen LogP contribution in [0.1, 0.15) is 37.8 Å². The van der Waals surface area contributed by atoms with Crippen LogP contribution in [0.4, 0.5) is 0 Å². The summed E-state index contributed by atoms with van der Waals surface area (Å²) in [6.07, 6.45) is 6.58. The van der Waals surface area contributed by atoms with Gasteiger partial charge in [0.05, 0.1) is 11.8 Å². The van der Waals surface area contributed by atoms with E-state index in [2.05, 4.69) is 31.6 Å². The van der Waals surface area contributed by atoms with E-state index in [1.54, 1.807) is 0 Å². The predicted octanol–water partition coefficient (Wildman–Crippen LogP) is 1.80. The highest BCUT2D eigenvalue weighted by Crippen LogP contribution is 2.28. The van der Waals surface area contributed by atoms with Gasteiger partial charge in [-0.15, -0.1) is 10.2 Å². The van der Waals surface area contributed by atoms with Crippen molar-refractivity contribution in [2.45, 2.75) is 50.8 Å². The van der Waals surface area contributed by atoms with Gasteiger partial charge in [-0.25, -0.2) is 4.98 Å². The van der Waals surface area contributed by atoms with Crippen molar-refractivity contribution in [3.63, 3.8) is 0 Å². The molecule has 7 nitrogen and oxygen atoms in total. The van der Waals surface area contributed by atoms with E-state index in [-0.39, 0.29) is 0 Å². The summed E-state index contributed by atoms with van der Waals surface area (Å²) < 4.78 is 5.95. The zero-order chi connectivity index (χ0) is 15.5. The number of rotatable bonds is 4. The molecule has 1 N–H and O–H groups in total. The topological polar surface area (TPSA) is 79.8 Å². The van der Waals surface area contributed by atoms with Crippen LogP contribution in [-0.2, 0) is 11.3 Å². The largest absolute Gasteiger partial charge is 0.377 e. The number of likely N-dealkylation sites (tertiary alicyclic amines) is 1. The van der Waals surface area contributed by atoms with Gasteiger partial charge in [0.25, 0.3) is 0 Å². The molecule has 2 unspecified atom stereocenters. The molecule has 2 atom stereocenters. The maximum Gasteiger partial charge on any atom is 0.222 e. The van der Waals surface area contributed by atoms with Crippen LogP contribution in [0.5, 0.6) is 0 Å². The van der Waals surface area contributed by atoms with Gasteiger partial charge < -0.3 is 4.74 Å². The number of aromatic amines is 1. The Kier molecular flexibility index (Phi) is 4.30. The van der Waals surface area contributed by atoms with Crippen molar-refractivity contribution in [1.82, 2.24) is 30.5 Å². The van der Waals surface area contributed by atoms with E-state index >= 15 is 0 Å². The van der Waals surface area contributed by atoms with Crippen LogP contribution in [-0.4, -0.2) is 55.8 Å². The highest BCUT2D eigenvalue weighted by Gasteiger charge is 2.32. The Hall–Kier alpha value is -1.86. The third kappa shape index (κ3) is 3.25. The average Bonchev–Trinajstić information content (AvgIpc) is 3.30. The van der Waals surface area contributed by atoms with Crippen LogP contribution >= 0.6 is 0 Å². The number of nitrogens with one attached hydrogen (secondary N) is 1. The number of aromatic nitrogens is 5. The summed E-state index contributed by atoms with van der Waals surface area (Å²) in [7, 11) is 0. The number of ether oxygens (including phenoxy) is 1. The molecule has 0 bridgehead atoms. The molecular weight excluding hydrogens is 292 g/mol. The quantitative estimate of drug-likeness (QED) is 0.927. The molecule has 2 aromatic heterocycles. The summed E-state index contributed by atoms with van der Waals surface area (Å²) in [5.41, 5.74) is 1.82. The third-order valence-corrected chi connectivity index (χ3v) is 4.80. The summed E-state index contributed by atoms with van der Waals surface area (Å²) in [6.45, 7) is 2.90.